The fraction of sp³-hybridized carbons (Fsp3) is 0.261. The van der Waals surface area contributed by atoms with Crippen molar-refractivity contribution in [1.82, 2.24) is 24.6 Å². The standard InChI is InChI=1S/C23H25N5OS/c29-22(18-30-23-25-24-19-28(23)21-11-5-2-6-12-21)27-16-14-26(15-17-27)13-7-10-20-8-3-1-4-9-20/h1-12,19H,13-18H2. The monoisotopic (exact) mass is 419 g/mol. The van der Waals surface area contributed by atoms with Crippen molar-refractivity contribution in [3.05, 3.63) is 78.6 Å². The van der Waals surface area contributed by atoms with Crippen molar-refractivity contribution in [1.29, 1.82) is 0 Å². The third kappa shape index (κ3) is 5.37. The Hall–Kier alpha value is -2.90. The molecule has 0 aliphatic carbocycles. The lowest BCUT2D eigenvalue weighted by Gasteiger charge is -2.34. The summed E-state index contributed by atoms with van der Waals surface area (Å²) in [5.74, 6) is 0.529. The van der Waals surface area contributed by atoms with Crippen LogP contribution in [0.1, 0.15) is 5.56 Å². The number of piperazine rings is 1. The predicted octanol–water partition coefficient (Wildman–Crippen LogP) is 3.22. The van der Waals surface area contributed by atoms with Crippen LogP contribution in [0.4, 0.5) is 0 Å². The zero-order chi connectivity index (χ0) is 20.6. The van der Waals surface area contributed by atoms with Crippen molar-refractivity contribution < 1.29 is 4.79 Å². The van der Waals surface area contributed by atoms with Gasteiger partial charge < -0.3 is 4.90 Å². The van der Waals surface area contributed by atoms with Crippen LogP contribution in [-0.4, -0.2) is 68.9 Å². The molecule has 1 aliphatic heterocycles. The molecule has 3 aromatic rings. The molecule has 2 aromatic carbocycles. The number of carbonyl (C=O) groups excluding carboxylic acids is 1. The van der Waals surface area contributed by atoms with E-state index in [1.807, 2.05) is 58.0 Å². The van der Waals surface area contributed by atoms with Crippen LogP contribution in [0.5, 0.6) is 0 Å². The maximum absolute atomic E-state index is 12.7. The lowest BCUT2D eigenvalue weighted by Crippen LogP contribution is -2.49. The number of thioether (sulfide) groups is 1. The summed E-state index contributed by atoms with van der Waals surface area (Å²) in [6.45, 7) is 4.24. The van der Waals surface area contributed by atoms with Crippen molar-refractivity contribution in [2.45, 2.75) is 5.16 Å². The quantitative estimate of drug-likeness (QED) is 0.551. The highest BCUT2D eigenvalue weighted by Gasteiger charge is 2.21. The number of nitrogens with zero attached hydrogens (tertiary/aromatic N) is 5. The van der Waals surface area contributed by atoms with E-state index < -0.39 is 0 Å². The lowest BCUT2D eigenvalue weighted by atomic mass is 10.2. The van der Waals surface area contributed by atoms with Gasteiger partial charge in [-0.25, -0.2) is 0 Å². The highest BCUT2D eigenvalue weighted by Crippen LogP contribution is 2.20. The van der Waals surface area contributed by atoms with Gasteiger partial charge in [-0.05, 0) is 17.7 Å². The minimum Gasteiger partial charge on any atom is -0.339 e. The Morgan fingerprint density at radius 3 is 2.40 bits per heavy atom. The molecule has 4 rings (SSSR count). The lowest BCUT2D eigenvalue weighted by molar-refractivity contribution is -0.130. The summed E-state index contributed by atoms with van der Waals surface area (Å²) in [7, 11) is 0. The van der Waals surface area contributed by atoms with E-state index in [1.54, 1.807) is 6.33 Å². The molecule has 1 amide bonds. The van der Waals surface area contributed by atoms with Crippen LogP contribution in [0.3, 0.4) is 0 Å². The zero-order valence-corrected chi connectivity index (χ0v) is 17.6. The van der Waals surface area contributed by atoms with Crippen LogP contribution >= 0.6 is 11.8 Å². The molecular weight excluding hydrogens is 394 g/mol. The van der Waals surface area contributed by atoms with Gasteiger partial charge in [0.05, 0.1) is 5.75 Å². The van der Waals surface area contributed by atoms with Crippen molar-refractivity contribution in [3.8, 4) is 5.69 Å². The molecule has 154 valence electrons. The number of benzene rings is 2. The molecule has 7 heteroatoms. The van der Waals surface area contributed by atoms with Gasteiger partial charge in [-0.2, -0.15) is 0 Å². The van der Waals surface area contributed by atoms with E-state index >= 15 is 0 Å². The van der Waals surface area contributed by atoms with Gasteiger partial charge in [-0.15, -0.1) is 10.2 Å². The summed E-state index contributed by atoms with van der Waals surface area (Å²) in [5, 5.41) is 8.91. The maximum atomic E-state index is 12.7. The van der Waals surface area contributed by atoms with Gasteiger partial charge in [0.25, 0.3) is 0 Å². The number of hydrogen-bond acceptors (Lipinski definition) is 5. The van der Waals surface area contributed by atoms with Crippen LogP contribution in [0.25, 0.3) is 11.8 Å². The summed E-state index contributed by atoms with van der Waals surface area (Å²) >= 11 is 1.44. The number of amides is 1. The topological polar surface area (TPSA) is 54.3 Å². The minimum atomic E-state index is 0.155. The third-order valence-electron chi connectivity index (χ3n) is 5.07. The van der Waals surface area contributed by atoms with Crippen molar-refractivity contribution >= 4 is 23.7 Å². The van der Waals surface area contributed by atoms with Crippen molar-refractivity contribution in [3.63, 3.8) is 0 Å². The number of aromatic nitrogens is 3. The summed E-state index contributed by atoms with van der Waals surface area (Å²) in [6.07, 6.45) is 6.03. The van der Waals surface area contributed by atoms with Crippen molar-refractivity contribution in [2.75, 3.05) is 38.5 Å². The molecule has 0 radical (unpaired) electrons. The zero-order valence-electron chi connectivity index (χ0n) is 16.8. The van der Waals surface area contributed by atoms with Crippen LogP contribution in [0, 0.1) is 0 Å². The van der Waals surface area contributed by atoms with Gasteiger partial charge >= 0.3 is 0 Å². The Balaban J connectivity index is 1.23. The van der Waals surface area contributed by atoms with Gasteiger partial charge in [-0.1, -0.05) is 72.4 Å². The van der Waals surface area contributed by atoms with E-state index in [9.17, 15) is 4.79 Å². The molecule has 0 bridgehead atoms. The number of hydrogen-bond donors (Lipinski definition) is 0. The van der Waals surface area contributed by atoms with E-state index in [2.05, 4.69) is 39.4 Å². The Kier molecular flexibility index (Phi) is 6.95. The molecule has 0 unspecified atom stereocenters. The molecular formula is C23H25N5OS. The van der Waals surface area contributed by atoms with Gasteiger partial charge in [0, 0.05) is 38.4 Å². The molecule has 1 aromatic heterocycles. The molecule has 6 nitrogen and oxygen atoms in total. The average Bonchev–Trinajstić information content (AvgIpc) is 3.28. The maximum Gasteiger partial charge on any atom is 0.233 e. The molecule has 0 saturated carbocycles. The second-order valence-electron chi connectivity index (χ2n) is 7.10. The van der Waals surface area contributed by atoms with Gasteiger partial charge in [0.2, 0.25) is 5.91 Å². The largest absolute Gasteiger partial charge is 0.339 e. The summed E-state index contributed by atoms with van der Waals surface area (Å²) in [5.41, 5.74) is 2.21. The van der Waals surface area contributed by atoms with E-state index in [0.29, 0.717) is 5.75 Å². The molecule has 1 fully saturated rings. The molecule has 0 spiro atoms. The SMILES string of the molecule is O=C(CSc1nncn1-c1ccccc1)N1CCN(CC=Cc2ccccc2)CC1. The van der Waals surface area contributed by atoms with E-state index in [0.717, 1.165) is 43.6 Å². The molecule has 0 atom stereocenters. The minimum absolute atomic E-state index is 0.155. The third-order valence-corrected chi connectivity index (χ3v) is 6.00. The summed E-state index contributed by atoms with van der Waals surface area (Å²) < 4.78 is 1.91. The second kappa shape index (κ2) is 10.2. The van der Waals surface area contributed by atoms with Crippen LogP contribution in [0.2, 0.25) is 0 Å². The predicted molar refractivity (Wildman–Crippen MR) is 121 cm³/mol. The van der Waals surface area contributed by atoms with Crippen LogP contribution in [0.15, 0.2) is 78.2 Å². The first kappa shape index (κ1) is 20.4. The number of para-hydroxylation sites is 1. The Bertz CT molecular complexity index is 966. The van der Waals surface area contributed by atoms with Gasteiger partial charge in [-0.3, -0.25) is 14.3 Å². The summed E-state index contributed by atoms with van der Waals surface area (Å²) in [6, 6.07) is 20.2. The molecule has 30 heavy (non-hydrogen) atoms. The van der Waals surface area contributed by atoms with E-state index in [1.165, 1.54) is 17.3 Å². The fourth-order valence-corrected chi connectivity index (χ4v) is 4.22. The highest BCUT2D eigenvalue weighted by molar-refractivity contribution is 7.99. The highest BCUT2D eigenvalue weighted by atomic mass is 32.2. The number of rotatable bonds is 7. The first-order chi connectivity index (χ1) is 14.8. The first-order valence-corrected chi connectivity index (χ1v) is 11.1. The van der Waals surface area contributed by atoms with Crippen LogP contribution < -0.4 is 0 Å². The molecule has 0 N–H and O–H groups in total. The second-order valence-corrected chi connectivity index (χ2v) is 8.04. The summed E-state index contributed by atoms with van der Waals surface area (Å²) in [4.78, 5) is 17.0. The molecule has 1 aliphatic rings. The Morgan fingerprint density at radius 2 is 1.67 bits per heavy atom. The Labute approximate surface area is 181 Å². The van der Waals surface area contributed by atoms with E-state index in [-0.39, 0.29) is 5.91 Å². The number of carbonyl (C=O) groups is 1. The van der Waals surface area contributed by atoms with Crippen molar-refractivity contribution in [2.24, 2.45) is 0 Å². The normalized spacial score (nSPS) is 15.0. The molecule has 1 saturated heterocycles. The smallest absolute Gasteiger partial charge is 0.233 e. The average molecular weight is 420 g/mol. The van der Waals surface area contributed by atoms with Gasteiger partial charge in [0.1, 0.15) is 6.33 Å². The molecule has 2 heterocycles. The van der Waals surface area contributed by atoms with Gasteiger partial charge in [0.15, 0.2) is 5.16 Å². The van der Waals surface area contributed by atoms with E-state index in [4.69, 9.17) is 0 Å². The van der Waals surface area contributed by atoms with Crippen LogP contribution in [-0.2, 0) is 4.79 Å². The Morgan fingerprint density at radius 1 is 0.967 bits per heavy atom. The fourth-order valence-electron chi connectivity index (χ4n) is 3.39. The first-order valence-electron chi connectivity index (χ1n) is 10.1.